The molecule has 1 atom stereocenters. The topological polar surface area (TPSA) is 61.0 Å². The molecule has 1 heterocycles. The third-order valence-corrected chi connectivity index (χ3v) is 2.76. The van der Waals surface area contributed by atoms with Crippen LogP contribution in [-0.4, -0.2) is 23.1 Å². The predicted octanol–water partition coefficient (Wildman–Crippen LogP) is 1.64. The summed E-state index contributed by atoms with van der Waals surface area (Å²) in [6.45, 7) is 5.98. The van der Waals surface area contributed by atoms with E-state index in [9.17, 15) is 0 Å². The minimum Gasteiger partial charge on any atom is -0.371 e. The maximum absolute atomic E-state index is 5.90. The molecule has 0 saturated heterocycles. The molecule has 4 heteroatoms. The van der Waals surface area contributed by atoms with E-state index >= 15 is 0 Å². The van der Waals surface area contributed by atoms with Crippen molar-refractivity contribution in [3.63, 3.8) is 0 Å². The van der Waals surface area contributed by atoms with Gasteiger partial charge in [0.25, 0.3) is 0 Å². The van der Waals surface area contributed by atoms with Gasteiger partial charge in [-0.3, -0.25) is 0 Å². The zero-order chi connectivity index (χ0) is 12.2. The number of hydrogen-bond donors (Lipinski definition) is 1. The minimum atomic E-state index is -0.452. The highest BCUT2D eigenvalue weighted by atomic mass is 16.5. The van der Waals surface area contributed by atoms with E-state index in [4.69, 9.17) is 10.5 Å². The molecule has 0 aromatic carbocycles. The standard InChI is InChI=1S/C12H21N3O/c1-5-9(13)8-10-6-7-14-11(15-10)12(2,3)16-4/h6-7,9H,5,8,13H2,1-4H3. The first-order valence-corrected chi connectivity index (χ1v) is 5.62. The van der Waals surface area contributed by atoms with Crippen molar-refractivity contribution < 1.29 is 4.74 Å². The summed E-state index contributed by atoms with van der Waals surface area (Å²) < 4.78 is 5.35. The van der Waals surface area contributed by atoms with Gasteiger partial charge in [-0.25, -0.2) is 9.97 Å². The second-order valence-electron chi connectivity index (χ2n) is 4.46. The molecule has 16 heavy (non-hydrogen) atoms. The van der Waals surface area contributed by atoms with Crippen molar-refractivity contribution in [2.24, 2.45) is 5.73 Å². The van der Waals surface area contributed by atoms with Crippen molar-refractivity contribution in [1.82, 2.24) is 9.97 Å². The highest BCUT2D eigenvalue weighted by Gasteiger charge is 2.23. The fourth-order valence-corrected chi connectivity index (χ4v) is 1.30. The molecule has 0 fully saturated rings. The Kier molecular flexibility index (Phi) is 4.38. The van der Waals surface area contributed by atoms with Crippen molar-refractivity contribution in [3.05, 3.63) is 23.8 Å². The molecular weight excluding hydrogens is 202 g/mol. The van der Waals surface area contributed by atoms with Gasteiger partial charge in [0.2, 0.25) is 0 Å². The summed E-state index contributed by atoms with van der Waals surface area (Å²) in [7, 11) is 1.66. The van der Waals surface area contributed by atoms with Gasteiger partial charge in [0.15, 0.2) is 5.82 Å². The fraction of sp³-hybridized carbons (Fsp3) is 0.667. The third-order valence-electron chi connectivity index (χ3n) is 2.76. The van der Waals surface area contributed by atoms with Gasteiger partial charge < -0.3 is 10.5 Å². The number of nitrogens with two attached hydrogens (primary N) is 1. The average molecular weight is 223 g/mol. The first kappa shape index (κ1) is 13.1. The summed E-state index contributed by atoms with van der Waals surface area (Å²) >= 11 is 0. The van der Waals surface area contributed by atoms with E-state index in [0.717, 1.165) is 18.5 Å². The van der Waals surface area contributed by atoms with Crippen LogP contribution in [0.2, 0.25) is 0 Å². The highest BCUT2D eigenvalue weighted by molar-refractivity contribution is 5.08. The molecule has 90 valence electrons. The van der Waals surface area contributed by atoms with Crippen LogP contribution in [0, 0.1) is 0 Å². The summed E-state index contributed by atoms with van der Waals surface area (Å²) in [5.41, 5.74) is 6.43. The Morgan fingerprint density at radius 2 is 2.19 bits per heavy atom. The Morgan fingerprint density at radius 3 is 2.75 bits per heavy atom. The van der Waals surface area contributed by atoms with Gasteiger partial charge in [-0.15, -0.1) is 0 Å². The summed E-state index contributed by atoms with van der Waals surface area (Å²) in [6, 6.07) is 2.07. The van der Waals surface area contributed by atoms with Gasteiger partial charge in [0.05, 0.1) is 0 Å². The zero-order valence-electron chi connectivity index (χ0n) is 10.5. The van der Waals surface area contributed by atoms with Gasteiger partial charge in [0.1, 0.15) is 5.60 Å². The number of hydrogen-bond acceptors (Lipinski definition) is 4. The normalized spacial score (nSPS) is 13.8. The molecule has 0 aliphatic carbocycles. The molecule has 1 aromatic heterocycles. The second kappa shape index (κ2) is 5.37. The van der Waals surface area contributed by atoms with E-state index in [2.05, 4.69) is 16.9 Å². The molecule has 1 rings (SSSR count). The van der Waals surface area contributed by atoms with Crippen LogP contribution in [0.4, 0.5) is 0 Å². The average Bonchev–Trinajstić information content (AvgIpc) is 2.29. The Morgan fingerprint density at radius 1 is 1.50 bits per heavy atom. The lowest BCUT2D eigenvalue weighted by Gasteiger charge is -2.21. The maximum atomic E-state index is 5.90. The van der Waals surface area contributed by atoms with Crippen LogP contribution in [0.15, 0.2) is 12.3 Å². The van der Waals surface area contributed by atoms with Crippen molar-refractivity contribution in [2.45, 2.75) is 45.3 Å². The largest absolute Gasteiger partial charge is 0.371 e. The number of rotatable bonds is 5. The van der Waals surface area contributed by atoms with Crippen LogP contribution >= 0.6 is 0 Å². The predicted molar refractivity (Wildman–Crippen MR) is 64.0 cm³/mol. The number of methoxy groups -OCH3 is 1. The van der Waals surface area contributed by atoms with Crippen LogP contribution in [0.5, 0.6) is 0 Å². The van der Waals surface area contributed by atoms with Crippen molar-refractivity contribution >= 4 is 0 Å². The SMILES string of the molecule is CCC(N)Cc1ccnc(C(C)(C)OC)n1. The van der Waals surface area contributed by atoms with Crippen molar-refractivity contribution in [3.8, 4) is 0 Å². The summed E-state index contributed by atoms with van der Waals surface area (Å²) in [6.07, 6.45) is 3.50. The molecular formula is C12H21N3O. The summed E-state index contributed by atoms with van der Waals surface area (Å²) in [4.78, 5) is 8.73. The van der Waals surface area contributed by atoms with Gasteiger partial charge in [-0.1, -0.05) is 6.92 Å². The molecule has 1 aromatic rings. The molecule has 0 spiro atoms. The second-order valence-corrected chi connectivity index (χ2v) is 4.46. The van der Waals surface area contributed by atoms with E-state index in [1.165, 1.54) is 0 Å². The van der Waals surface area contributed by atoms with Gasteiger partial charge in [-0.2, -0.15) is 0 Å². The molecule has 0 saturated carbocycles. The van der Waals surface area contributed by atoms with Crippen LogP contribution in [0.1, 0.15) is 38.7 Å². The Labute approximate surface area is 97.2 Å². The summed E-state index contributed by atoms with van der Waals surface area (Å²) in [5.74, 6) is 0.704. The Hall–Kier alpha value is -1.00. The number of aromatic nitrogens is 2. The third kappa shape index (κ3) is 3.25. The highest BCUT2D eigenvalue weighted by Crippen LogP contribution is 2.19. The molecule has 0 aliphatic rings. The first-order chi connectivity index (χ1) is 7.49. The van der Waals surface area contributed by atoms with Crippen molar-refractivity contribution in [2.75, 3.05) is 7.11 Å². The smallest absolute Gasteiger partial charge is 0.159 e. The van der Waals surface area contributed by atoms with E-state index < -0.39 is 5.60 Å². The van der Waals surface area contributed by atoms with Gasteiger partial charge in [0, 0.05) is 31.5 Å². The van der Waals surface area contributed by atoms with E-state index in [-0.39, 0.29) is 6.04 Å². The van der Waals surface area contributed by atoms with Gasteiger partial charge >= 0.3 is 0 Å². The number of ether oxygens (including phenoxy) is 1. The van der Waals surface area contributed by atoms with Crippen LogP contribution in [-0.2, 0) is 16.8 Å². The lowest BCUT2D eigenvalue weighted by molar-refractivity contribution is 0.0112. The molecule has 2 N–H and O–H groups in total. The molecule has 4 nitrogen and oxygen atoms in total. The molecule has 1 unspecified atom stereocenters. The molecule has 0 aliphatic heterocycles. The van der Waals surface area contributed by atoms with E-state index in [1.807, 2.05) is 19.9 Å². The number of nitrogens with zero attached hydrogens (tertiary/aromatic N) is 2. The zero-order valence-corrected chi connectivity index (χ0v) is 10.5. The molecule has 0 amide bonds. The van der Waals surface area contributed by atoms with Crippen LogP contribution in [0.25, 0.3) is 0 Å². The van der Waals surface area contributed by atoms with Crippen LogP contribution in [0.3, 0.4) is 0 Å². The summed E-state index contributed by atoms with van der Waals surface area (Å²) in [5, 5.41) is 0. The Bertz CT molecular complexity index is 339. The fourth-order valence-electron chi connectivity index (χ4n) is 1.30. The molecule has 0 radical (unpaired) electrons. The molecule has 0 bridgehead atoms. The van der Waals surface area contributed by atoms with E-state index in [1.54, 1.807) is 13.3 Å². The van der Waals surface area contributed by atoms with E-state index in [0.29, 0.717) is 5.82 Å². The van der Waals surface area contributed by atoms with Crippen molar-refractivity contribution in [1.29, 1.82) is 0 Å². The quantitative estimate of drug-likeness (QED) is 0.824. The first-order valence-electron chi connectivity index (χ1n) is 5.62. The Balaban J connectivity index is 2.87. The minimum absolute atomic E-state index is 0.161. The van der Waals surface area contributed by atoms with Crippen LogP contribution < -0.4 is 5.73 Å². The van der Waals surface area contributed by atoms with Gasteiger partial charge in [-0.05, 0) is 26.3 Å². The lowest BCUT2D eigenvalue weighted by atomic mass is 10.1. The lowest BCUT2D eigenvalue weighted by Crippen LogP contribution is -2.26. The monoisotopic (exact) mass is 223 g/mol. The maximum Gasteiger partial charge on any atom is 0.159 e.